The third-order valence-corrected chi connectivity index (χ3v) is 4.76. The Bertz CT molecular complexity index is 987. The summed E-state index contributed by atoms with van der Waals surface area (Å²) in [4.78, 5) is 25.8. The molecule has 1 fully saturated rings. The minimum Gasteiger partial charge on any atom is -0.339 e. The molecular formula is C20H21N5O2. The monoisotopic (exact) mass is 363 g/mol. The first-order valence-corrected chi connectivity index (χ1v) is 9.14. The number of amides is 2. The fraction of sp³-hybridized carbons (Fsp3) is 0.300. The Labute approximate surface area is 157 Å². The maximum absolute atomic E-state index is 12.6. The summed E-state index contributed by atoms with van der Waals surface area (Å²) in [5.74, 6) is 0.610. The molecule has 4 rings (SSSR count). The zero-order valence-corrected chi connectivity index (χ0v) is 15.2. The summed E-state index contributed by atoms with van der Waals surface area (Å²) in [6.45, 7) is 3.14. The summed E-state index contributed by atoms with van der Waals surface area (Å²) in [6, 6.07) is 11.0. The minimum absolute atomic E-state index is 0.0836. The Hall–Kier alpha value is -3.22. The molecule has 2 aromatic heterocycles. The summed E-state index contributed by atoms with van der Waals surface area (Å²) in [7, 11) is 0. The lowest BCUT2D eigenvalue weighted by atomic mass is 10.1. The van der Waals surface area contributed by atoms with Crippen molar-refractivity contribution in [2.24, 2.45) is 0 Å². The quantitative estimate of drug-likeness (QED) is 0.776. The topological polar surface area (TPSA) is 79.6 Å². The molecule has 1 aromatic carbocycles. The van der Waals surface area contributed by atoms with E-state index in [0.29, 0.717) is 22.7 Å². The van der Waals surface area contributed by atoms with Crippen molar-refractivity contribution in [2.45, 2.75) is 26.2 Å². The van der Waals surface area contributed by atoms with Crippen molar-refractivity contribution in [3.05, 3.63) is 48.2 Å². The van der Waals surface area contributed by atoms with Crippen molar-refractivity contribution in [1.29, 1.82) is 0 Å². The standard InChI is InChI=1S/C20H21N5O2/c1-14(26)21-17-9-10-18-22-23-19(25(18)13-17)15-5-7-16(8-6-15)20(27)24-11-3-2-4-12-24/h5-10,13H,2-4,11-12H2,1H3,(H,21,26). The maximum atomic E-state index is 12.6. The zero-order chi connectivity index (χ0) is 18.8. The van der Waals surface area contributed by atoms with E-state index in [2.05, 4.69) is 15.5 Å². The lowest BCUT2D eigenvalue weighted by Crippen LogP contribution is -2.35. The summed E-state index contributed by atoms with van der Waals surface area (Å²) >= 11 is 0. The van der Waals surface area contributed by atoms with Gasteiger partial charge in [0.15, 0.2) is 11.5 Å². The van der Waals surface area contributed by atoms with Gasteiger partial charge in [0.2, 0.25) is 5.91 Å². The van der Waals surface area contributed by atoms with Crippen molar-refractivity contribution in [1.82, 2.24) is 19.5 Å². The molecular weight excluding hydrogens is 342 g/mol. The van der Waals surface area contributed by atoms with Crippen LogP contribution in [0.25, 0.3) is 17.0 Å². The SMILES string of the molecule is CC(=O)Nc1ccc2nnc(-c3ccc(C(=O)N4CCCCC4)cc3)n2c1. The third-order valence-electron chi connectivity index (χ3n) is 4.76. The van der Waals surface area contributed by atoms with Crippen molar-refractivity contribution < 1.29 is 9.59 Å². The lowest BCUT2D eigenvalue weighted by Gasteiger charge is -2.26. The molecule has 3 aromatic rings. The van der Waals surface area contributed by atoms with Crippen LogP contribution in [0, 0.1) is 0 Å². The number of anilines is 1. The fourth-order valence-corrected chi connectivity index (χ4v) is 3.41. The number of aromatic nitrogens is 3. The number of rotatable bonds is 3. The van der Waals surface area contributed by atoms with E-state index in [1.54, 1.807) is 18.3 Å². The predicted molar refractivity (Wildman–Crippen MR) is 102 cm³/mol. The van der Waals surface area contributed by atoms with Gasteiger partial charge < -0.3 is 10.2 Å². The molecule has 1 aliphatic heterocycles. The van der Waals surface area contributed by atoms with Gasteiger partial charge in [-0.3, -0.25) is 14.0 Å². The normalized spacial score (nSPS) is 14.3. The Balaban J connectivity index is 1.61. The van der Waals surface area contributed by atoms with Gasteiger partial charge in [-0.05, 0) is 43.5 Å². The molecule has 27 heavy (non-hydrogen) atoms. The first-order valence-electron chi connectivity index (χ1n) is 9.14. The molecule has 0 spiro atoms. The van der Waals surface area contributed by atoms with Crippen molar-refractivity contribution in [3.8, 4) is 11.4 Å². The van der Waals surface area contributed by atoms with Crippen LogP contribution in [-0.2, 0) is 4.79 Å². The summed E-state index contributed by atoms with van der Waals surface area (Å²) < 4.78 is 1.83. The van der Waals surface area contributed by atoms with Crippen LogP contribution < -0.4 is 5.32 Å². The molecule has 0 unspecified atom stereocenters. The molecule has 0 bridgehead atoms. The molecule has 2 amide bonds. The maximum Gasteiger partial charge on any atom is 0.253 e. The number of nitrogens with zero attached hydrogens (tertiary/aromatic N) is 4. The van der Waals surface area contributed by atoms with Gasteiger partial charge in [-0.1, -0.05) is 12.1 Å². The number of benzene rings is 1. The van der Waals surface area contributed by atoms with E-state index in [1.807, 2.05) is 33.6 Å². The van der Waals surface area contributed by atoms with Crippen LogP contribution >= 0.6 is 0 Å². The second-order valence-electron chi connectivity index (χ2n) is 6.78. The van der Waals surface area contributed by atoms with Crippen LogP contribution in [-0.4, -0.2) is 44.4 Å². The molecule has 7 nitrogen and oxygen atoms in total. The molecule has 0 atom stereocenters. The van der Waals surface area contributed by atoms with Crippen molar-refractivity contribution >= 4 is 23.1 Å². The number of piperidine rings is 1. The van der Waals surface area contributed by atoms with Crippen LogP contribution in [0.2, 0.25) is 0 Å². The summed E-state index contributed by atoms with van der Waals surface area (Å²) in [5.41, 5.74) is 2.91. The van der Waals surface area contributed by atoms with Crippen LogP contribution in [0.4, 0.5) is 5.69 Å². The lowest BCUT2D eigenvalue weighted by molar-refractivity contribution is -0.114. The van der Waals surface area contributed by atoms with Gasteiger partial charge in [0, 0.05) is 37.3 Å². The van der Waals surface area contributed by atoms with Crippen LogP contribution in [0.15, 0.2) is 42.6 Å². The van der Waals surface area contributed by atoms with E-state index in [0.717, 1.165) is 31.5 Å². The molecule has 7 heteroatoms. The molecule has 0 saturated carbocycles. The highest BCUT2D eigenvalue weighted by molar-refractivity contribution is 5.94. The second-order valence-corrected chi connectivity index (χ2v) is 6.78. The van der Waals surface area contributed by atoms with Gasteiger partial charge in [-0.2, -0.15) is 0 Å². The van der Waals surface area contributed by atoms with Gasteiger partial charge in [-0.15, -0.1) is 10.2 Å². The van der Waals surface area contributed by atoms with Gasteiger partial charge >= 0.3 is 0 Å². The largest absolute Gasteiger partial charge is 0.339 e. The summed E-state index contributed by atoms with van der Waals surface area (Å²) in [5, 5.41) is 11.2. The third kappa shape index (κ3) is 3.53. The number of likely N-dealkylation sites (tertiary alicyclic amines) is 1. The van der Waals surface area contributed by atoms with Crippen molar-refractivity contribution in [3.63, 3.8) is 0 Å². The smallest absolute Gasteiger partial charge is 0.253 e. The minimum atomic E-state index is -0.135. The van der Waals surface area contributed by atoms with E-state index in [-0.39, 0.29) is 11.8 Å². The number of hydrogen-bond acceptors (Lipinski definition) is 4. The second kappa shape index (κ2) is 7.19. The highest BCUT2D eigenvalue weighted by atomic mass is 16.2. The summed E-state index contributed by atoms with van der Waals surface area (Å²) in [6.07, 6.45) is 5.14. The fourth-order valence-electron chi connectivity index (χ4n) is 3.41. The molecule has 1 N–H and O–H groups in total. The van der Waals surface area contributed by atoms with Crippen LogP contribution in [0.3, 0.4) is 0 Å². The van der Waals surface area contributed by atoms with Crippen molar-refractivity contribution in [2.75, 3.05) is 18.4 Å². The van der Waals surface area contributed by atoms with E-state index in [1.165, 1.54) is 13.3 Å². The van der Waals surface area contributed by atoms with E-state index >= 15 is 0 Å². The van der Waals surface area contributed by atoms with E-state index in [4.69, 9.17) is 0 Å². The molecule has 0 radical (unpaired) electrons. The van der Waals surface area contributed by atoms with E-state index < -0.39 is 0 Å². The van der Waals surface area contributed by atoms with Gasteiger partial charge in [0.25, 0.3) is 5.91 Å². The van der Waals surface area contributed by atoms with E-state index in [9.17, 15) is 9.59 Å². The number of carbonyl (C=O) groups excluding carboxylic acids is 2. The highest BCUT2D eigenvalue weighted by Crippen LogP contribution is 2.22. The molecule has 0 aliphatic carbocycles. The Morgan fingerprint density at radius 2 is 1.70 bits per heavy atom. The van der Waals surface area contributed by atoms with Gasteiger partial charge in [0.1, 0.15) is 0 Å². The zero-order valence-electron chi connectivity index (χ0n) is 15.2. The average Bonchev–Trinajstić information content (AvgIpc) is 3.11. The number of carbonyl (C=O) groups is 2. The number of pyridine rings is 1. The molecule has 138 valence electrons. The number of hydrogen-bond donors (Lipinski definition) is 1. The Kier molecular flexibility index (Phi) is 4.58. The Morgan fingerprint density at radius 3 is 2.41 bits per heavy atom. The molecule has 1 saturated heterocycles. The Morgan fingerprint density at radius 1 is 0.963 bits per heavy atom. The number of nitrogens with one attached hydrogen (secondary N) is 1. The predicted octanol–water partition coefficient (Wildman–Crippen LogP) is 2.98. The highest BCUT2D eigenvalue weighted by Gasteiger charge is 2.18. The average molecular weight is 363 g/mol. The molecule has 3 heterocycles. The first-order chi connectivity index (χ1) is 13.1. The van der Waals surface area contributed by atoms with Crippen LogP contribution in [0.5, 0.6) is 0 Å². The number of fused-ring (bicyclic) bond motifs is 1. The molecule has 1 aliphatic rings. The first kappa shape index (κ1) is 17.2. The van der Waals surface area contributed by atoms with Crippen LogP contribution in [0.1, 0.15) is 36.5 Å². The van der Waals surface area contributed by atoms with Gasteiger partial charge in [-0.25, -0.2) is 0 Å². The van der Waals surface area contributed by atoms with Gasteiger partial charge in [0.05, 0.1) is 5.69 Å².